The number of allylic oxidation sites excluding steroid dienone is 26. The molecule has 83 heavy (non-hydrogen) atoms. The molecule has 0 spiro atoms. The monoisotopic (exact) mass is 1140 g/mol. The van der Waals surface area contributed by atoms with Gasteiger partial charge in [0, 0.05) is 19.3 Å². The fourth-order valence-electron chi connectivity index (χ4n) is 9.01. The molecule has 0 rings (SSSR count). The van der Waals surface area contributed by atoms with Gasteiger partial charge >= 0.3 is 17.9 Å². The topological polar surface area (TPSA) is 78.9 Å². The molecule has 0 amide bonds. The molecular formula is C77H124O6. The van der Waals surface area contributed by atoms with Gasteiger partial charge in [-0.1, -0.05) is 301 Å². The van der Waals surface area contributed by atoms with E-state index in [4.69, 9.17) is 14.2 Å². The first-order valence-electron chi connectivity index (χ1n) is 34.0. The normalized spacial score (nSPS) is 13.1. The molecular weight excluding hydrogens is 1020 g/mol. The van der Waals surface area contributed by atoms with Crippen LogP contribution in [-0.4, -0.2) is 37.2 Å². The Balaban J connectivity index is 4.06. The fourth-order valence-corrected chi connectivity index (χ4v) is 9.01. The summed E-state index contributed by atoms with van der Waals surface area (Å²) < 4.78 is 16.8. The van der Waals surface area contributed by atoms with Gasteiger partial charge in [-0.3, -0.25) is 14.4 Å². The Labute approximate surface area is 511 Å². The van der Waals surface area contributed by atoms with E-state index in [-0.39, 0.29) is 31.1 Å². The average molecular weight is 1150 g/mol. The minimum absolute atomic E-state index is 0.0885. The molecule has 0 aliphatic heterocycles. The lowest BCUT2D eigenvalue weighted by Gasteiger charge is -2.18. The second-order valence-corrected chi connectivity index (χ2v) is 22.0. The summed E-state index contributed by atoms with van der Waals surface area (Å²) in [6.07, 6.45) is 102. The number of ether oxygens (including phenoxy) is 3. The maximum atomic E-state index is 12.8. The van der Waals surface area contributed by atoms with E-state index < -0.39 is 6.10 Å². The lowest BCUT2D eigenvalue weighted by molar-refractivity contribution is -0.167. The van der Waals surface area contributed by atoms with Crippen molar-refractivity contribution >= 4 is 17.9 Å². The Kier molecular flexibility index (Phi) is 65.4. The minimum atomic E-state index is -0.789. The highest BCUT2D eigenvalue weighted by molar-refractivity contribution is 5.71. The Hall–Kier alpha value is -4.97. The molecule has 0 heterocycles. The molecule has 0 aromatic heterocycles. The van der Waals surface area contributed by atoms with Gasteiger partial charge in [0.2, 0.25) is 0 Å². The summed E-state index contributed by atoms with van der Waals surface area (Å²) in [7, 11) is 0. The van der Waals surface area contributed by atoms with Gasteiger partial charge in [0.25, 0.3) is 0 Å². The maximum absolute atomic E-state index is 12.8. The fraction of sp³-hybridized carbons (Fsp3) is 0.623. The number of hydrogen-bond acceptors (Lipinski definition) is 6. The third-order valence-corrected chi connectivity index (χ3v) is 14.0. The van der Waals surface area contributed by atoms with Crippen LogP contribution in [0.25, 0.3) is 0 Å². The maximum Gasteiger partial charge on any atom is 0.306 e. The van der Waals surface area contributed by atoms with Gasteiger partial charge in [0.15, 0.2) is 6.10 Å². The minimum Gasteiger partial charge on any atom is -0.462 e. The summed E-state index contributed by atoms with van der Waals surface area (Å²) in [5.41, 5.74) is 0. The molecule has 0 fully saturated rings. The zero-order valence-corrected chi connectivity index (χ0v) is 53.7. The van der Waals surface area contributed by atoms with Gasteiger partial charge in [0.1, 0.15) is 13.2 Å². The zero-order chi connectivity index (χ0) is 59.9. The number of rotatable bonds is 60. The van der Waals surface area contributed by atoms with Crippen LogP contribution in [0.2, 0.25) is 0 Å². The van der Waals surface area contributed by atoms with E-state index in [9.17, 15) is 14.4 Å². The van der Waals surface area contributed by atoms with Crippen LogP contribution >= 0.6 is 0 Å². The molecule has 6 heteroatoms. The predicted octanol–water partition coefficient (Wildman–Crippen LogP) is 23.7. The van der Waals surface area contributed by atoms with E-state index in [1.807, 2.05) is 0 Å². The van der Waals surface area contributed by atoms with Crippen molar-refractivity contribution in [2.24, 2.45) is 0 Å². The van der Waals surface area contributed by atoms with Crippen LogP contribution in [0.3, 0.4) is 0 Å². The molecule has 0 aromatic rings. The third-order valence-electron chi connectivity index (χ3n) is 14.0. The number of carbonyl (C=O) groups excluding carboxylic acids is 3. The van der Waals surface area contributed by atoms with E-state index in [0.717, 1.165) is 167 Å². The standard InChI is InChI=1S/C77H124O6/c1-4-7-10-13-15-17-19-21-23-25-27-29-31-33-34-35-36-37-38-39-40-41-42-44-45-47-49-51-53-55-57-59-61-64-67-70-76(79)82-73-74(72-81-75(78)69-66-63-12-9-6-3)83-77(80)71-68-65-62-60-58-56-54-52-50-48-46-43-32-30-28-26-24-22-20-18-16-14-11-8-5-2/h7-8,10-11,15-18,21-24,27-30,33-34,36-37,39-40,43,46,50,52,74H,4-6,9,12-14,19-20,25-26,31-32,35,38,41-42,44-45,47-49,51,53-73H2,1-3H3/b10-7-,11-8-,17-15-,18-16-,23-21-,24-22-,29-27-,30-28-,34-33-,37-36-,40-39-,46-43-,52-50-. The summed E-state index contributed by atoms with van der Waals surface area (Å²) in [6, 6.07) is 0. The highest BCUT2D eigenvalue weighted by atomic mass is 16.6. The second-order valence-electron chi connectivity index (χ2n) is 22.0. The number of carbonyl (C=O) groups is 3. The molecule has 0 aliphatic rings. The first kappa shape index (κ1) is 78.0. The molecule has 0 aromatic carbocycles. The first-order valence-corrected chi connectivity index (χ1v) is 34.0. The summed E-state index contributed by atoms with van der Waals surface area (Å²) in [5, 5.41) is 0. The van der Waals surface area contributed by atoms with Crippen LogP contribution < -0.4 is 0 Å². The van der Waals surface area contributed by atoms with Gasteiger partial charge in [-0.25, -0.2) is 0 Å². The average Bonchev–Trinajstić information content (AvgIpc) is 3.49. The smallest absolute Gasteiger partial charge is 0.306 e. The zero-order valence-electron chi connectivity index (χ0n) is 53.7. The molecule has 0 bridgehead atoms. The van der Waals surface area contributed by atoms with Crippen molar-refractivity contribution in [3.63, 3.8) is 0 Å². The molecule has 6 nitrogen and oxygen atoms in total. The summed E-state index contributed by atoms with van der Waals surface area (Å²) in [6.45, 7) is 6.32. The molecule has 1 unspecified atom stereocenters. The van der Waals surface area contributed by atoms with E-state index in [0.29, 0.717) is 19.3 Å². The quantitative estimate of drug-likeness (QED) is 0.0261. The Morgan fingerprint density at radius 2 is 0.470 bits per heavy atom. The van der Waals surface area contributed by atoms with E-state index >= 15 is 0 Å². The molecule has 0 radical (unpaired) electrons. The summed E-state index contributed by atoms with van der Waals surface area (Å²) in [5.74, 6) is -0.918. The lowest BCUT2D eigenvalue weighted by Crippen LogP contribution is -2.30. The molecule has 468 valence electrons. The van der Waals surface area contributed by atoms with Crippen molar-refractivity contribution < 1.29 is 28.6 Å². The Morgan fingerprint density at radius 1 is 0.253 bits per heavy atom. The largest absolute Gasteiger partial charge is 0.462 e. The van der Waals surface area contributed by atoms with Gasteiger partial charge in [-0.05, 0) is 128 Å². The summed E-state index contributed by atoms with van der Waals surface area (Å²) >= 11 is 0. The van der Waals surface area contributed by atoms with Crippen LogP contribution in [0.1, 0.15) is 290 Å². The van der Waals surface area contributed by atoms with E-state index in [1.165, 1.54) is 83.5 Å². The highest BCUT2D eigenvalue weighted by Crippen LogP contribution is 2.16. The van der Waals surface area contributed by atoms with Crippen molar-refractivity contribution in [1.82, 2.24) is 0 Å². The molecule has 0 aliphatic carbocycles. The van der Waals surface area contributed by atoms with Crippen LogP contribution in [0.15, 0.2) is 158 Å². The predicted molar refractivity (Wildman–Crippen MR) is 362 cm³/mol. The van der Waals surface area contributed by atoms with Crippen molar-refractivity contribution in [3.8, 4) is 0 Å². The van der Waals surface area contributed by atoms with Crippen LogP contribution in [0.4, 0.5) is 0 Å². The van der Waals surface area contributed by atoms with Crippen molar-refractivity contribution in [2.75, 3.05) is 13.2 Å². The molecule has 1 atom stereocenters. The van der Waals surface area contributed by atoms with Crippen molar-refractivity contribution in [3.05, 3.63) is 158 Å². The second kappa shape index (κ2) is 69.5. The first-order chi connectivity index (χ1) is 41.0. The molecule has 0 saturated heterocycles. The summed E-state index contributed by atoms with van der Waals surface area (Å²) in [4.78, 5) is 38.0. The van der Waals surface area contributed by atoms with Gasteiger partial charge in [0.05, 0.1) is 0 Å². The van der Waals surface area contributed by atoms with Crippen molar-refractivity contribution in [2.45, 2.75) is 297 Å². The molecule has 0 saturated carbocycles. The number of hydrogen-bond donors (Lipinski definition) is 0. The lowest BCUT2D eigenvalue weighted by atomic mass is 10.0. The number of esters is 3. The van der Waals surface area contributed by atoms with Crippen LogP contribution in [0.5, 0.6) is 0 Å². The van der Waals surface area contributed by atoms with Crippen LogP contribution in [-0.2, 0) is 28.6 Å². The van der Waals surface area contributed by atoms with Gasteiger partial charge < -0.3 is 14.2 Å². The highest BCUT2D eigenvalue weighted by Gasteiger charge is 2.19. The van der Waals surface area contributed by atoms with E-state index in [1.54, 1.807) is 0 Å². The van der Waals surface area contributed by atoms with E-state index in [2.05, 4.69) is 179 Å². The van der Waals surface area contributed by atoms with Gasteiger partial charge in [-0.2, -0.15) is 0 Å². The Bertz CT molecular complexity index is 1840. The third kappa shape index (κ3) is 67.7. The number of unbranched alkanes of at least 4 members (excludes halogenated alkanes) is 23. The Morgan fingerprint density at radius 3 is 0.735 bits per heavy atom. The molecule has 0 N–H and O–H groups in total. The SMILES string of the molecule is CC/C=C\C/C=C\C/C=C\C/C=C\C/C=C\C/C=C\C/C=C\CCCCCCCCCCCCCCCC(=O)OCC(COC(=O)CCCCCCC)OC(=O)CCCCCCCC/C=C\C/C=C\C/C=C\C/C=C\C/C=C\C/C=C\CC. The van der Waals surface area contributed by atoms with Crippen molar-refractivity contribution in [1.29, 1.82) is 0 Å². The van der Waals surface area contributed by atoms with Gasteiger partial charge in [-0.15, -0.1) is 0 Å². The van der Waals surface area contributed by atoms with Crippen LogP contribution in [0, 0.1) is 0 Å².